The Morgan fingerprint density at radius 2 is 2.53 bits per heavy atom. The molecule has 1 aliphatic rings. The predicted molar refractivity (Wildman–Crippen MR) is 65.1 cm³/mol. The zero-order valence-electron chi connectivity index (χ0n) is 8.65. The molecule has 0 amide bonds. The number of aliphatic hydroxyl groups excluding tert-OH is 1. The third-order valence-corrected chi connectivity index (χ3v) is 4.92. The van der Waals surface area contributed by atoms with Crippen molar-refractivity contribution in [2.24, 2.45) is 5.92 Å². The van der Waals surface area contributed by atoms with Crippen molar-refractivity contribution < 1.29 is 9.84 Å². The molecule has 84 valence electrons. The van der Waals surface area contributed by atoms with Gasteiger partial charge >= 0.3 is 0 Å². The molecule has 1 aliphatic heterocycles. The average molecular weight is 291 g/mol. The third kappa shape index (κ3) is 2.28. The molecule has 0 bridgehead atoms. The van der Waals surface area contributed by atoms with E-state index >= 15 is 0 Å². The van der Waals surface area contributed by atoms with Crippen molar-refractivity contribution in [3.05, 3.63) is 20.8 Å². The molecule has 3 atom stereocenters. The van der Waals surface area contributed by atoms with Gasteiger partial charge in [-0.05, 0) is 40.2 Å². The molecule has 0 spiro atoms. The summed E-state index contributed by atoms with van der Waals surface area (Å²) in [4.78, 5) is 1.03. The van der Waals surface area contributed by atoms with Crippen LogP contribution >= 0.6 is 27.3 Å². The molecule has 1 aromatic heterocycles. The number of thiophene rings is 1. The highest BCUT2D eigenvalue weighted by Gasteiger charge is 2.34. The van der Waals surface area contributed by atoms with Crippen molar-refractivity contribution in [3.8, 4) is 0 Å². The summed E-state index contributed by atoms with van der Waals surface area (Å²) in [7, 11) is 0. The first-order valence-electron chi connectivity index (χ1n) is 5.26. The molecular formula is C11H15BrO2S. The fourth-order valence-electron chi connectivity index (χ4n) is 2.16. The van der Waals surface area contributed by atoms with Crippen LogP contribution in [-0.2, 0) is 4.74 Å². The lowest BCUT2D eigenvalue weighted by atomic mass is 9.92. The van der Waals surface area contributed by atoms with E-state index in [0.29, 0.717) is 0 Å². The van der Waals surface area contributed by atoms with Crippen molar-refractivity contribution in [3.63, 3.8) is 0 Å². The molecule has 0 radical (unpaired) electrons. The van der Waals surface area contributed by atoms with Crippen molar-refractivity contribution in [2.75, 3.05) is 6.61 Å². The molecule has 3 unspecified atom stereocenters. The molecule has 15 heavy (non-hydrogen) atoms. The summed E-state index contributed by atoms with van der Waals surface area (Å²) in [6.45, 7) is 2.89. The second kappa shape index (κ2) is 4.95. The Bertz CT molecular complexity index is 326. The van der Waals surface area contributed by atoms with Crippen molar-refractivity contribution in [2.45, 2.75) is 32.0 Å². The van der Waals surface area contributed by atoms with Gasteiger partial charge in [0.25, 0.3) is 0 Å². The second-order valence-electron chi connectivity index (χ2n) is 3.85. The summed E-state index contributed by atoms with van der Waals surface area (Å²) in [6.07, 6.45) is 1.77. The van der Waals surface area contributed by atoms with E-state index in [9.17, 15) is 5.11 Å². The van der Waals surface area contributed by atoms with Gasteiger partial charge in [-0.1, -0.05) is 6.92 Å². The van der Waals surface area contributed by atoms with Crippen LogP contribution in [0.3, 0.4) is 0 Å². The summed E-state index contributed by atoms with van der Waals surface area (Å²) < 4.78 is 6.62. The number of rotatable bonds is 3. The lowest BCUT2D eigenvalue weighted by molar-refractivity contribution is 0.0320. The quantitative estimate of drug-likeness (QED) is 0.925. The van der Waals surface area contributed by atoms with Crippen molar-refractivity contribution >= 4 is 27.3 Å². The van der Waals surface area contributed by atoms with E-state index in [1.54, 1.807) is 11.3 Å². The Morgan fingerprint density at radius 1 is 1.73 bits per heavy atom. The Kier molecular flexibility index (Phi) is 3.83. The zero-order valence-corrected chi connectivity index (χ0v) is 11.1. The van der Waals surface area contributed by atoms with E-state index in [4.69, 9.17) is 4.74 Å². The van der Waals surface area contributed by atoms with Crippen LogP contribution in [0.5, 0.6) is 0 Å². The Balaban J connectivity index is 2.13. The molecule has 1 aromatic rings. The standard InChI is InChI=1S/C11H15BrO2S/c1-2-9-7(3-5-14-9)10(13)11-8(12)4-6-15-11/h4,6-7,9-10,13H,2-3,5H2,1H3. The second-order valence-corrected chi connectivity index (χ2v) is 5.65. The number of hydrogen-bond donors (Lipinski definition) is 1. The summed E-state index contributed by atoms with van der Waals surface area (Å²) in [5, 5.41) is 12.3. The van der Waals surface area contributed by atoms with E-state index in [1.165, 1.54) is 0 Å². The molecule has 2 rings (SSSR count). The molecule has 1 N–H and O–H groups in total. The van der Waals surface area contributed by atoms with Crippen LogP contribution in [-0.4, -0.2) is 17.8 Å². The minimum atomic E-state index is -0.383. The predicted octanol–water partition coefficient (Wildman–Crippen LogP) is 3.36. The maximum absolute atomic E-state index is 10.3. The van der Waals surface area contributed by atoms with Gasteiger partial charge in [0.05, 0.1) is 12.2 Å². The summed E-state index contributed by atoms with van der Waals surface area (Å²) in [6, 6.07) is 1.99. The van der Waals surface area contributed by atoms with Crippen LogP contribution in [0.4, 0.5) is 0 Å². The molecule has 0 aromatic carbocycles. The van der Waals surface area contributed by atoms with Crippen LogP contribution in [0.15, 0.2) is 15.9 Å². The summed E-state index contributed by atoms with van der Waals surface area (Å²) in [5.41, 5.74) is 0. The van der Waals surface area contributed by atoms with Crippen LogP contribution in [0.2, 0.25) is 0 Å². The van der Waals surface area contributed by atoms with Gasteiger partial charge in [-0.2, -0.15) is 0 Å². The molecule has 0 aliphatic carbocycles. The number of aliphatic hydroxyl groups is 1. The lowest BCUT2D eigenvalue weighted by Gasteiger charge is -2.22. The zero-order chi connectivity index (χ0) is 10.8. The molecule has 4 heteroatoms. The van der Waals surface area contributed by atoms with Crippen LogP contribution in [0.25, 0.3) is 0 Å². The highest BCUT2D eigenvalue weighted by Crippen LogP contribution is 2.39. The van der Waals surface area contributed by atoms with Crippen LogP contribution < -0.4 is 0 Å². The normalized spacial score (nSPS) is 28.2. The molecular weight excluding hydrogens is 276 g/mol. The highest BCUT2D eigenvalue weighted by atomic mass is 79.9. The summed E-state index contributed by atoms with van der Waals surface area (Å²) >= 11 is 5.07. The third-order valence-electron chi connectivity index (χ3n) is 2.98. The van der Waals surface area contributed by atoms with Crippen LogP contribution in [0.1, 0.15) is 30.7 Å². The molecule has 1 fully saturated rings. The van der Waals surface area contributed by atoms with Gasteiger partial charge < -0.3 is 9.84 Å². The number of ether oxygens (including phenoxy) is 1. The largest absolute Gasteiger partial charge is 0.387 e. The molecule has 2 heterocycles. The first kappa shape index (κ1) is 11.6. The van der Waals surface area contributed by atoms with E-state index in [-0.39, 0.29) is 18.1 Å². The van der Waals surface area contributed by atoms with Gasteiger partial charge in [0.2, 0.25) is 0 Å². The Labute approximate surface area is 102 Å². The maximum Gasteiger partial charge on any atom is 0.0946 e. The first-order chi connectivity index (χ1) is 7.24. The van der Waals surface area contributed by atoms with Gasteiger partial charge in [0, 0.05) is 21.9 Å². The van der Waals surface area contributed by atoms with Crippen molar-refractivity contribution in [1.82, 2.24) is 0 Å². The minimum Gasteiger partial charge on any atom is -0.387 e. The van der Waals surface area contributed by atoms with Gasteiger partial charge in [-0.3, -0.25) is 0 Å². The molecule has 2 nitrogen and oxygen atoms in total. The number of halogens is 1. The SMILES string of the molecule is CCC1OCCC1C(O)c1sccc1Br. The fourth-order valence-corrected chi connectivity index (χ4v) is 3.83. The monoisotopic (exact) mass is 290 g/mol. The smallest absolute Gasteiger partial charge is 0.0946 e. The Hall–Kier alpha value is 0.100. The van der Waals surface area contributed by atoms with E-state index in [2.05, 4.69) is 22.9 Å². The van der Waals surface area contributed by atoms with Gasteiger partial charge in [-0.15, -0.1) is 11.3 Å². The van der Waals surface area contributed by atoms with E-state index < -0.39 is 0 Å². The minimum absolute atomic E-state index is 0.217. The van der Waals surface area contributed by atoms with Gasteiger partial charge in [0.1, 0.15) is 0 Å². The lowest BCUT2D eigenvalue weighted by Crippen LogP contribution is -2.21. The topological polar surface area (TPSA) is 29.5 Å². The van der Waals surface area contributed by atoms with Crippen molar-refractivity contribution in [1.29, 1.82) is 0 Å². The molecule has 0 saturated carbocycles. The van der Waals surface area contributed by atoms with Crippen LogP contribution in [0, 0.1) is 5.92 Å². The van der Waals surface area contributed by atoms with E-state index in [1.807, 2.05) is 11.4 Å². The first-order valence-corrected chi connectivity index (χ1v) is 6.93. The summed E-state index contributed by atoms with van der Waals surface area (Å²) in [5.74, 6) is 0.255. The highest BCUT2D eigenvalue weighted by molar-refractivity contribution is 9.10. The molecule has 1 saturated heterocycles. The van der Waals surface area contributed by atoms with E-state index in [0.717, 1.165) is 28.8 Å². The van der Waals surface area contributed by atoms with Gasteiger partial charge in [0.15, 0.2) is 0 Å². The maximum atomic E-state index is 10.3. The van der Waals surface area contributed by atoms with Gasteiger partial charge in [-0.25, -0.2) is 0 Å². The fraction of sp³-hybridized carbons (Fsp3) is 0.636. The Morgan fingerprint density at radius 3 is 3.13 bits per heavy atom. The number of hydrogen-bond acceptors (Lipinski definition) is 3. The average Bonchev–Trinajstić information content (AvgIpc) is 2.84.